The van der Waals surface area contributed by atoms with Gasteiger partial charge < -0.3 is 10.4 Å². The molecule has 0 radical (unpaired) electrons. The first kappa shape index (κ1) is 20.4. The number of nitrogens with one attached hydrogen (secondary N) is 1. The summed E-state index contributed by atoms with van der Waals surface area (Å²) in [6.07, 6.45) is -2.43. The number of alkyl halides is 2. The Kier molecular flexibility index (Phi) is 8.48. The predicted molar refractivity (Wildman–Crippen MR) is 85.3 cm³/mol. The van der Waals surface area contributed by atoms with Crippen LogP contribution >= 0.6 is 24.8 Å². The van der Waals surface area contributed by atoms with E-state index >= 15 is 0 Å². The highest BCUT2D eigenvalue weighted by atomic mass is 35.5. The summed E-state index contributed by atoms with van der Waals surface area (Å²) in [5.41, 5.74) is 2.09. The van der Waals surface area contributed by atoms with Gasteiger partial charge in [-0.3, -0.25) is 4.90 Å². The number of benzene rings is 1. The first-order valence-corrected chi connectivity index (χ1v) is 6.53. The van der Waals surface area contributed by atoms with Gasteiger partial charge in [-0.2, -0.15) is 0 Å². The van der Waals surface area contributed by atoms with Gasteiger partial charge in [0.1, 0.15) is 5.75 Å². The van der Waals surface area contributed by atoms with Crippen LogP contribution in [0.1, 0.15) is 22.7 Å². The molecule has 2 N–H and O–H groups in total. The predicted octanol–water partition coefficient (Wildman–Crippen LogP) is 3.06. The average Bonchev–Trinajstić information content (AvgIpc) is 2.34. The molecular weight excluding hydrogens is 321 g/mol. The van der Waals surface area contributed by atoms with E-state index in [2.05, 4.69) is 5.32 Å². The minimum Gasteiger partial charge on any atom is -0.508 e. The minimum atomic E-state index is -2.43. The van der Waals surface area contributed by atoms with Crippen molar-refractivity contribution in [2.75, 3.05) is 26.2 Å². The number of halogens is 4. The molecule has 1 aromatic carbocycles. The molecule has 0 saturated carbocycles. The molecule has 1 aromatic rings. The van der Waals surface area contributed by atoms with Gasteiger partial charge in [0.25, 0.3) is 6.43 Å². The Hall–Kier alpha value is -0.620. The highest BCUT2D eigenvalue weighted by Gasteiger charge is 2.32. The van der Waals surface area contributed by atoms with E-state index in [4.69, 9.17) is 0 Å². The highest BCUT2D eigenvalue weighted by Crippen LogP contribution is 2.34. The lowest BCUT2D eigenvalue weighted by Gasteiger charge is -2.36. The molecule has 7 heteroatoms. The summed E-state index contributed by atoms with van der Waals surface area (Å²) in [6, 6.07) is 2.22. The Labute approximate surface area is 136 Å². The summed E-state index contributed by atoms with van der Waals surface area (Å²) < 4.78 is 27.0. The molecular formula is C14H22Cl2F2N2O. The molecule has 1 saturated heterocycles. The average molecular weight is 343 g/mol. The number of hydrogen-bond donors (Lipinski definition) is 2. The fraction of sp³-hybridized carbons (Fsp3) is 0.571. The zero-order valence-electron chi connectivity index (χ0n) is 12.1. The second kappa shape index (κ2) is 8.73. The summed E-state index contributed by atoms with van der Waals surface area (Å²) in [5, 5.41) is 12.7. The Morgan fingerprint density at radius 1 is 1.10 bits per heavy atom. The molecule has 0 unspecified atom stereocenters. The monoisotopic (exact) mass is 342 g/mol. The maximum Gasteiger partial charge on any atom is 0.258 e. The first-order valence-electron chi connectivity index (χ1n) is 6.53. The Balaban J connectivity index is 0.00000200. The van der Waals surface area contributed by atoms with Gasteiger partial charge in [0.15, 0.2) is 0 Å². The smallest absolute Gasteiger partial charge is 0.258 e. The molecule has 1 atom stereocenters. The van der Waals surface area contributed by atoms with Crippen molar-refractivity contribution in [2.24, 2.45) is 0 Å². The molecule has 2 rings (SSSR count). The third-order valence-electron chi connectivity index (χ3n) is 3.66. The van der Waals surface area contributed by atoms with Crippen molar-refractivity contribution in [1.29, 1.82) is 0 Å². The summed E-state index contributed by atoms with van der Waals surface area (Å²) in [4.78, 5) is 1.83. The van der Waals surface area contributed by atoms with E-state index in [-0.39, 0.29) is 30.6 Å². The van der Waals surface area contributed by atoms with Gasteiger partial charge in [0, 0.05) is 26.2 Å². The number of aromatic hydroxyl groups is 1. The minimum absolute atomic E-state index is 0. The molecule has 0 aliphatic carbocycles. The van der Waals surface area contributed by atoms with E-state index in [9.17, 15) is 13.9 Å². The summed E-state index contributed by atoms with van der Waals surface area (Å²) in [7, 11) is 0. The Bertz CT molecular complexity index is 432. The maximum atomic E-state index is 13.5. The van der Waals surface area contributed by atoms with Crippen LogP contribution in [0.5, 0.6) is 5.75 Å². The van der Waals surface area contributed by atoms with E-state index in [0.717, 1.165) is 24.2 Å². The van der Waals surface area contributed by atoms with Crippen LogP contribution in [-0.2, 0) is 0 Å². The van der Waals surface area contributed by atoms with Crippen molar-refractivity contribution in [3.8, 4) is 5.75 Å². The second-order valence-corrected chi connectivity index (χ2v) is 5.06. The van der Waals surface area contributed by atoms with Crippen LogP contribution < -0.4 is 5.32 Å². The van der Waals surface area contributed by atoms with Crippen LogP contribution in [0.15, 0.2) is 12.1 Å². The van der Waals surface area contributed by atoms with Crippen LogP contribution in [0.25, 0.3) is 0 Å². The van der Waals surface area contributed by atoms with Crippen molar-refractivity contribution in [1.82, 2.24) is 10.2 Å². The van der Waals surface area contributed by atoms with E-state index in [1.807, 2.05) is 4.90 Å². The number of piperazine rings is 1. The van der Waals surface area contributed by atoms with Crippen molar-refractivity contribution in [2.45, 2.75) is 26.3 Å². The molecule has 1 aliphatic heterocycles. The van der Waals surface area contributed by atoms with Gasteiger partial charge in [0.05, 0.1) is 6.04 Å². The Morgan fingerprint density at radius 3 is 2.00 bits per heavy atom. The van der Waals surface area contributed by atoms with Crippen molar-refractivity contribution in [3.63, 3.8) is 0 Å². The van der Waals surface area contributed by atoms with Crippen molar-refractivity contribution >= 4 is 24.8 Å². The number of phenols is 1. The summed E-state index contributed by atoms with van der Waals surface area (Å²) in [5.74, 6) is 0.132. The normalized spacial score (nSPS) is 17.0. The van der Waals surface area contributed by atoms with Crippen molar-refractivity contribution in [3.05, 3.63) is 28.8 Å². The fourth-order valence-electron chi connectivity index (χ4n) is 2.85. The standard InChI is InChI=1S/C14H20F2N2O.2ClH/c1-9-7-11(19)8-10(2)12(9)13(14(15)16)18-5-3-17-4-6-18;;/h7-8,13-14,17,19H,3-6H2,1-2H3;2*1H/t13-;;/m0../s1. The second-order valence-electron chi connectivity index (χ2n) is 5.06. The molecule has 122 valence electrons. The third-order valence-corrected chi connectivity index (χ3v) is 3.66. The van der Waals surface area contributed by atoms with Crippen LogP contribution in [0, 0.1) is 13.8 Å². The molecule has 1 fully saturated rings. The molecule has 1 aliphatic rings. The van der Waals surface area contributed by atoms with Crippen LogP contribution in [0.4, 0.5) is 8.78 Å². The SMILES string of the molecule is Cc1cc(O)cc(C)c1[C@@H](C(F)F)N1CCNCC1.Cl.Cl. The maximum absolute atomic E-state index is 13.5. The number of hydrogen-bond acceptors (Lipinski definition) is 3. The largest absolute Gasteiger partial charge is 0.508 e. The van der Waals surface area contributed by atoms with E-state index < -0.39 is 12.5 Å². The van der Waals surface area contributed by atoms with E-state index in [0.29, 0.717) is 18.7 Å². The van der Waals surface area contributed by atoms with Crippen LogP contribution in [0.3, 0.4) is 0 Å². The van der Waals surface area contributed by atoms with Gasteiger partial charge in [-0.05, 0) is 42.7 Å². The lowest BCUT2D eigenvalue weighted by Crippen LogP contribution is -2.47. The van der Waals surface area contributed by atoms with Gasteiger partial charge in [-0.25, -0.2) is 8.78 Å². The summed E-state index contributed by atoms with van der Waals surface area (Å²) in [6.45, 7) is 6.27. The topological polar surface area (TPSA) is 35.5 Å². The molecule has 0 aromatic heterocycles. The number of aryl methyl sites for hydroxylation is 2. The van der Waals surface area contributed by atoms with Gasteiger partial charge in [0.2, 0.25) is 0 Å². The number of rotatable bonds is 3. The van der Waals surface area contributed by atoms with Gasteiger partial charge >= 0.3 is 0 Å². The first-order chi connectivity index (χ1) is 9.00. The van der Waals surface area contributed by atoms with E-state index in [1.165, 1.54) is 0 Å². The summed E-state index contributed by atoms with van der Waals surface area (Å²) >= 11 is 0. The highest BCUT2D eigenvalue weighted by molar-refractivity contribution is 5.85. The van der Waals surface area contributed by atoms with Gasteiger partial charge in [-0.1, -0.05) is 0 Å². The molecule has 0 spiro atoms. The lowest BCUT2D eigenvalue weighted by atomic mass is 9.94. The molecule has 1 heterocycles. The molecule has 21 heavy (non-hydrogen) atoms. The van der Waals surface area contributed by atoms with E-state index in [1.54, 1.807) is 26.0 Å². The number of phenolic OH excluding ortho intramolecular Hbond substituents is 1. The molecule has 0 bridgehead atoms. The van der Waals surface area contributed by atoms with Crippen molar-refractivity contribution < 1.29 is 13.9 Å². The van der Waals surface area contributed by atoms with Crippen LogP contribution in [0.2, 0.25) is 0 Å². The Morgan fingerprint density at radius 2 is 1.57 bits per heavy atom. The quantitative estimate of drug-likeness (QED) is 0.886. The molecule has 0 amide bonds. The third kappa shape index (κ3) is 4.68. The van der Waals surface area contributed by atoms with Crippen LogP contribution in [-0.4, -0.2) is 42.6 Å². The lowest BCUT2D eigenvalue weighted by molar-refractivity contribution is 0.0175. The number of nitrogens with zero attached hydrogens (tertiary/aromatic N) is 1. The molecule has 3 nitrogen and oxygen atoms in total. The fourth-order valence-corrected chi connectivity index (χ4v) is 2.85. The zero-order chi connectivity index (χ0) is 14.0. The zero-order valence-corrected chi connectivity index (χ0v) is 13.7. The van der Waals surface area contributed by atoms with Gasteiger partial charge in [-0.15, -0.1) is 24.8 Å².